The fourth-order valence-electron chi connectivity index (χ4n) is 3.88. The van der Waals surface area contributed by atoms with Crippen LogP contribution < -0.4 is 10.6 Å². The molecule has 1 fully saturated rings. The van der Waals surface area contributed by atoms with Gasteiger partial charge in [0.25, 0.3) is 5.91 Å². The molecule has 0 saturated heterocycles. The fourth-order valence-corrected chi connectivity index (χ4v) is 4.06. The van der Waals surface area contributed by atoms with E-state index in [-0.39, 0.29) is 23.7 Å². The molecule has 1 aromatic rings. The highest BCUT2D eigenvalue weighted by Gasteiger charge is 2.51. The summed E-state index contributed by atoms with van der Waals surface area (Å²) < 4.78 is 0. The molecule has 3 rings (SSSR count). The number of nitrogens with one attached hydrogen (secondary N) is 2. The maximum atomic E-state index is 12.8. The van der Waals surface area contributed by atoms with Crippen LogP contribution in [-0.4, -0.2) is 29.4 Å². The van der Waals surface area contributed by atoms with Crippen molar-refractivity contribution in [3.05, 3.63) is 40.9 Å². The summed E-state index contributed by atoms with van der Waals surface area (Å²) in [5, 5.41) is 15.4. The zero-order valence-electron chi connectivity index (χ0n) is 14.4. The molecule has 1 saturated carbocycles. The Morgan fingerprint density at radius 1 is 1.19 bits per heavy atom. The third-order valence-electron chi connectivity index (χ3n) is 5.07. The van der Waals surface area contributed by atoms with Gasteiger partial charge in [0.15, 0.2) is 0 Å². The Kier molecular flexibility index (Phi) is 5.32. The summed E-state index contributed by atoms with van der Waals surface area (Å²) in [5.41, 5.74) is 0.605. The normalized spacial score (nSPS) is 25.9. The molecule has 0 unspecified atom stereocenters. The van der Waals surface area contributed by atoms with Crippen LogP contribution in [0, 0.1) is 23.7 Å². The zero-order valence-corrected chi connectivity index (χ0v) is 15.1. The molecule has 7 heteroatoms. The number of aliphatic carboxylic acids is 1. The molecule has 2 aliphatic rings. The lowest BCUT2D eigenvalue weighted by Gasteiger charge is -2.24. The molecule has 4 atom stereocenters. The summed E-state index contributed by atoms with van der Waals surface area (Å²) in [6.07, 6.45) is 5.27. The molecule has 0 aliphatic heterocycles. The van der Waals surface area contributed by atoms with Gasteiger partial charge in [-0.05, 0) is 42.9 Å². The van der Waals surface area contributed by atoms with Crippen molar-refractivity contribution in [1.82, 2.24) is 5.32 Å². The Bertz CT molecular complexity index is 777. The number of benzene rings is 1. The van der Waals surface area contributed by atoms with Gasteiger partial charge in [0.1, 0.15) is 0 Å². The number of fused-ring (bicyclic) bond motifs is 2. The van der Waals surface area contributed by atoms with Gasteiger partial charge in [0, 0.05) is 11.6 Å². The summed E-state index contributed by atoms with van der Waals surface area (Å²) in [5.74, 6) is -3.23. The Hall–Kier alpha value is -2.34. The van der Waals surface area contributed by atoms with Gasteiger partial charge < -0.3 is 15.7 Å². The number of carbonyl (C=O) groups is 3. The standard InChI is InChI=1S/C19H21ClN2O4/c1-2-7-21-17(23)13-6-5-12(20)9-14(13)22-18(24)15-10-3-4-11(8-10)16(15)19(25)26/h3-6,9-11,15-16H,2,7-8H2,1H3,(H,21,23)(H,22,24)(H,25,26)/t10-,11-,15+,16-/m0/s1. The van der Waals surface area contributed by atoms with E-state index in [1.807, 2.05) is 19.1 Å². The van der Waals surface area contributed by atoms with Crippen molar-refractivity contribution >= 4 is 35.1 Å². The molecule has 3 N–H and O–H groups in total. The smallest absolute Gasteiger partial charge is 0.307 e. The molecular formula is C19H21ClN2O4. The average molecular weight is 377 g/mol. The van der Waals surface area contributed by atoms with Gasteiger partial charge in [-0.2, -0.15) is 0 Å². The number of hydrogen-bond acceptors (Lipinski definition) is 3. The highest BCUT2D eigenvalue weighted by molar-refractivity contribution is 6.31. The van der Waals surface area contributed by atoms with E-state index in [4.69, 9.17) is 11.6 Å². The van der Waals surface area contributed by atoms with E-state index in [1.54, 1.807) is 12.1 Å². The molecular weight excluding hydrogens is 356 g/mol. The quantitative estimate of drug-likeness (QED) is 0.665. The minimum absolute atomic E-state index is 0.0855. The first-order chi connectivity index (χ1) is 12.4. The number of amides is 2. The molecule has 1 aromatic carbocycles. The van der Waals surface area contributed by atoms with Crippen LogP contribution in [0.4, 0.5) is 5.69 Å². The van der Waals surface area contributed by atoms with Gasteiger partial charge in [-0.3, -0.25) is 14.4 Å². The second kappa shape index (κ2) is 7.50. The molecule has 0 radical (unpaired) electrons. The van der Waals surface area contributed by atoms with Crippen molar-refractivity contribution in [1.29, 1.82) is 0 Å². The van der Waals surface area contributed by atoms with Gasteiger partial charge in [-0.15, -0.1) is 0 Å². The zero-order chi connectivity index (χ0) is 18.8. The van der Waals surface area contributed by atoms with E-state index in [2.05, 4.69) is 10.6 Å². The fraction of sp³-hybridized carbons (Fsp3) is 0.421. The number of carbonyl (C=O) groups excluding carboxylic acids is 2. The molecule has 6 nitrogen and oxygen atoms in total. The van der Waals surface area contributed by atoms with E-state index in [1.165, 1.54) is 6.07 Å². The van der Waals surface area contributed by atoms with Gasteiger partial charge >= 0.3 is 5.97 Å². The third kappa shape index (κ3) is 3.46. The number of anilines is 1. The highest BCUT2D eigenvalue weighted by Crippen LogP contribution is 2.48. The second-order valence-corrected chi connectivity index (χ2v) is 7.21. The maximum absolute atomic E-state index is 12.8. The summed E-state index contributed by atoms with van der Waals surface area (Å²) >= 11 is 6.02. The number of hydrogen-bond donors (Lipinski definition) is 3. The molecule has 2 bridgehead atoms. The van der Waals surface area contributed by atoms with Crippen LogP contribution in [0.3, 0.4) is 0 Å². The topological polar surface area (TPSA) is 95.5 Å². The average Bonchev–Trinajstić information content (AvgIpc) is 3.21. The molecule has 0 heterocycles. The van der Waals surface area contributed by atoms with Crippen molar-refractivity contribution in [2.75, 3.05) is 11.9 Å². The number of halogens is 1. The lowest BCUT2D eigenvalue weighted by Crippen LogP contribution is -2.37. The minimum Gasteiger partial charge on any atom is -0.481 e. The maximum Gasteiger partial charge on any atom is 0.307 e. The van der Waals surface area contributed by atoms with Crippen molar-refractivity contribution in [3.8, 4) is 0 Å². The molecule has 2 aliphatic carbocycles. The predicted octanol–water partition coefficient (Wildman–Crippen LogP) is 2.94. The first-order valence-corrected chi connectivity index (χ1v) is 9.10. The van der Waals surface area contributed by atoms with Crippen molar-refractivity contribution in [2.24, 2.45) is 23.7 Å². The van der Waals surface area contributed by atoms with Gasteiger partial charge in [0.05, 0.1) is 23.1 Å². The lowest BCUT2D eigenvalue weighted by molar-refractivity contribution is -0.146. The Morgan fingerprint density at radius 2 is 1.88 bits per heavy atom. The van der Waals surface area contributed by atoms with Crippen LogP contribution in [0.2, 0.25) is 5.02 Å². The van der Waals surface area contributed by atoms with E-state index in [0.29, 0.717) is 29.2 Å². The molecule has 2 amide bonds. The minimum atomic E-state index is -0.964. The first kappa shape index (κ1) is 18.5. The molecule has 138 valence electrons. The van der Waals surface area contributed by atoms with Crippen LogP contribution in [0.1, 0.15) is 30.1 Å². The monoisotopic (exact) mass is 376 g/mol. The largest absolute Gasteiger partial charge is 0.481 e. The SMILES string of the molecule is CCCNC(=O)c1ccc(Cl)cc1NC(=O)[C@H]1[C@@H](C(=O)O)[C@H]2C=C[C@H]1C2. The van der Waals surface area contributed by atoms with E-state index in [0.717, 1.165) is 6.42 Å². The van der Waals surface area contributed by atoms with Crippen LogP contribution >= 0.6 is 11.6 Å². The molecule has 26 heavy (non-hydrogen) atoms. The first-order valence-electron chi connectivity index (χ1n) is 8.72. The molecule has 0 spiro atoms. The Morgan fingerprint density at radius 3 is 2.54 bits per heavy atom. The number of carboxylic acid groups (broad SMARTS) is 1. The predicted molar refractivity (Wildman–Crippen MR) is 98.1 cm³/mol. The van der Waals surface area contributed by atoms with E-state index in [9.17, 15) is 19.5 Å². The summed E-state index contributed by atoms with van der Waals surface area (Å²) in [6, 6.07) is 4.65. The van der Waals surface area contributed by atoms with Crippen LogP contribution in [-0.2, 0) is 9.59 Å². The van der Waals surface area contributed by atoms with Crippen molar-refractivity contribution in [2.45, 2.75) is 19.8 Å². The van der Waals surface area contributed by atoms with Gasteiger partial charge in [0.2, 0.25) is 5.91 Å². The third-order valence-corrected chi connectivity index (χ3v) is 5.30. The summed E-state index contributed by atoms with van der Waals surface area (Å²) in [4.78, 5) is 36.8. The number of rotatable bonds is 6. The van der Waals surface area contributed by atoms with Crippen molar-refractivity contribution in [3.63, 3.8) is 0 Å². The van der Waals surface area contributed by atoms with Crippen LogP contribution in [0.25, 0.3) is 0 Å². The lowest BCUT2D eigenvalue weighted by atomic mass is 9.82. The summed E-state index contributed by atoms with van der Waals surface area (Å²) in [7, 11) is 0. The van der Waals surface area contributed by atoms with Gasteiger partial charge in [-0.25, -0.2) is 0 Å². The van der Waals surface area contributed by atoms with Crippen LogP contribution in [0.5, 0.6) is 0 Å². The summed E-state index contributed by atoms with van der Waals surface area (Å²) in [6.45, 7) is 2.46. The number of allylic oxidation sites excluding steroid dienone is 2. The Labute approximate surface area is 156 Å². The highest BCUT2D eigenvalue weighted by atomic mass is 35.5. The van der Waals surface area contributed by atoms with E-state index >= 15 is 0 Å². The molecule has 0 aromatic heterocycles. The second-order valence-electron chi connectivity index (χ2n) is 6.77. The van der Waals surface area contributed by atoms with E-state index < -0.39 is 17.8 Å². The van der Waals surface area contributed by atoms with Crippen molar-refractivity contribution < 1.29 is 19.5 Å². The van der Waals surface area contributed by atoms with Gasteiger partial charge in [-0.1, -0.05) is 30.7 Å². The van der Waals surface area contributed by atoms with Crippen LogP contribution in [0.15, 0.2) is 30.4 Å². The number of carboxylic acids is 1. The Balaban J connectivity index is 1.83.